The largest absolute Gasteiger partial charge is 0.390 e. The third kappa shape index (κ3) is 2.25. The van der Waals surface area contributed by atoms with Crippen LogP contribution in [0.5, 0.6) is 0 Å². The maximum Gasteiger partial charge on any atom is 0.0880 e. The summed E-state index contributed by atoms with van der Waals surface area (Å²) in [6.07, 6.45) is 0.124. The zero-order chi connectivity index (χ0) is 11.8. The first-order valence-corrected chi connectivity index (χ1v) is 6.31. The lowest BCUT2D eigenvalue weighted by Crippen LogP contribution is -2.67. The van der Waals surface area contributed by atoms with Crippen LogP contribution in [0.3, 0.4) is 0 Å². The van der Waals surface area contributed by atoms with Gasteiger partial charge in [0.2, 0.25) is 0 Å². The Bertz CT molecular complexity index is 239. The van der Waals surface area contributed by atoms with E-state index in [4.69, 9.17) is 4.74 Å². The summed E-state index contributed by atoms with van der Waals surface area (Å²) in [5, 5.41) is 9.39. The molecule has 2 aliphatic rings. The topological polar surface area (TPSA) is 35.9 Å². The van der Waals surface area contributed by atoms with Crippen molar-refractivity contribution in [3.05, 3.63) is 0 Å². The van der Waals surface area contributed by atoms with Crippen LogP contribution in [-0.2, 0) is 4.74 Å². The van der Waals surface area contributed by atoms with E-state index in [1.54, 1.807) is 0 Å². The van der Waals surface area contributed by atoms with Gasteiger partial charge in [0, 0.05) is 31.7 Å². The number of ether oxygens (including phenoxy) is 1. The van der Waals surface area contributed by atoms with Crippen LogP contribution < -0.4 is 0 Å². The van der Waals surface area contributed by atoms with E-state index in [1.165, 1.54) is 0 Å². The molecule has 0 radical (unpaired) electrons. The summed E-state index contributed by atoms with van der Waals surface area (Å²) in [5.74, 6) is 0. The fraction of sp³-hybridized carbons (Fsp3) is 1.00. The Morgan fingerprint density at radius 1 is 1.31 bits per heavy atom. The quantitative estimate of drug-likeness (QED) is 0.746. The van der Waals surface area contributed by atoms with Gasteiger partial charge in [-0.25, -0.2) is 0 Å². The van der Waals surface area contributed by atoms with E-state index in [0.717, 1.165) is 39.3 Å². The van der Waals surface area contributed by atoms with E-state index in [1.807, 2.05) is 0 Å². The number of hydrogen-bond acceptors (Lipinski definition) is 4. The van der Waals surface area contributed by atoms with Gasteiger partial charge in [-0.2, -0.15) is 0 Å². The molecular weight excluding hydrogens is 204 g/mol. The molecule has 1 atom stereocenters. The van der Waals surface area contributed by atoms with Gasteiger partial charge in [-0.15, -0.1) is 0 Å². The molecule has 0 saturated carbocycles. The van der Waals surface area contributed by atoms with Gasteiger partial charge in [-0.1, -0.05) is 6.92 Å². The van der Waals surface area contributed by atoms with Crippen molar-refractivity contribution < 1.29 is 9.84 Å². The SMILES string of the molecule is CCN1CCO[C@H](C(C)(C)N2CC(O)C2)C1. The number of nitrogens with zero attached hydrogens (tertiary/aromatic N) is 2. The zero-order valence-electron chi connectivity index (χ0n) is 10.6. The number of likely N-dealkylation sites (tertiary alicyclic amines) is 1. The van der Waals surface area contributed by atoms with Crippen LogP contribution in [0.1, 0.15) is 20.8 Å². The first-order chi connectivity index (χ1) is 7.54. The average Bonchev–Trinajstić information content (AvgIpc) is 2.25. The molecule has 0 spiro atoms. The molecule has 2 rings (SSSR count). The van der Waals surface area contributed by atoms with Crippen molar-refractivity contribution in [1.29, 1.82) is 0 Å². The van der Waals surface area contributed by atoms with Gasteiger partial charge in [-0.3, -0.25) is 9.80 Å². The van der Waals surface area contributed by atoms with Gasteiger partial charge in [0.1, 0.15) is 0 Å². The van der Waals surface area contributed by atoms with E-state index < -0.39 is 0 Å². The third-order valence-corrected chi connectivity index (χ3v) is 4.06. The predicted molar refractivity (Wildman–Crippen MR) is 63.5 cm³/mol. The van der Waals surface area contributed by atoms with Gasteiger partial charge in [0.25, 0.3) is 0 Å². The second-order valence-electron chi connectivity index (χ2n) is 5.47. The Kier molecular flexibility index (Phi) is 3.54. The van der Waals surface area contributed by atoms with Crippen molar-refractivity contribution in [3.8, 4) is 0 Å². The summed E-state index contributed by atoms with van der Waals surface area (Å²) in [7, 11) is 0. The molecule has 0 amide bonds. The number of β-amino-alcohol motifs (C(OH)–C–C–N with tert-alkyl or cyclic N) is 1. The van der Waals surface area contributed by atoms with E-state index in [0.29, 0.717) is 0 Å². The normalized spacial score (nSPS) is 30.4. The standard InChI is InChI=1S/C12H24N2O2/c1-4-13-5-6-16-11(9-13)12(2,3)14-7-10(15)8-14/h10-11,15H,4-9H2,1-3H3/t11-/m0/s1. The smallest absolute Gasteiger partial charge is 0.0880 e. The van der Waals surface area contributed by atoms with Crippen LogP contribution in [0, 0.1) is 0 Å². The lowest BCUT2D eigenvalue weighted by molar-refractivity contribution is -0.142. The summed E-state index contributed by atoms with van der Waals surface area (Å²) in [6, 6.07) is 0. The number of aliphatic hydroxyl groups excluding tert-OH is 1. The third-order valence-electron chi connectivity index (χ3n) is 4.06. The highest BCUT2D eigenvalue weighted by atomic mass is 16.5. The number of morpholine rings is 1. The van der Waals surface area contributed by atoms with Crippen LogP contribution in [0.25, 0.3) is 0 Å². The molecule has 2 heterocycles. The zero-order valence-corrected chi connectivity index (χ0v) is 10.6. The van der Waals surface area contributed by atoms with Gasteiger partial charge >= 0.3 is 0 Å². The Balaban J connectivity index is 1.94. The maximum atomic E-state index is 9.39. The molecule has 0 bridgehead atoms. The van der Waals surface area contributed by atoms with Gasteiger partial charge in [0.05, 0.1) is 18.8 Å². The Morgan fingerprint density at radius 2 is 2.00 bits per heavy atom. The molecule has 1 N–H and O–H groups in total. The molecule has 2 aliphatic heterocycles. The molecule has 94 valence electrons. The fourth-order valence-electron chi connectivity index (χ4n) is 2.55. The first kappa shape index (κ1) is 12.3. The van der Waals surface area contributed by atoms with Crippen molar-refractivity contribution in [2.45, 2.75) is 38.5 Å². The molecule has 2 saturated heterocycles. The molecular formula is C12H24N2O2. The monoisotopic (exact) mass is 228 g/mol. The van der Waals surface area contributed by atoms with E-state index in [-0.39, 0.29) is 17.7 Å². The van der Waals surface area contributed by atoms with Gasteiger partial charge in [-0.05, 0) is 20.4 Å². The number of rotatable bonds is 3. The maximum absolute atomic E-state index is 9.39. The van der Waals surface area contributed by atoms with Crippen LogP contribution >= 0.6 is 0 Å². The molecule has 16 heavy (non-hydrogen) atoms. The van der Waals surface area contributed by atoms with Crippen LogP contribution in [0.15, 0.2) is 0 Å². The van der Waals surface area contributed by atoms with Crippen molar-refractivity contribution in [1.82, 2.24) is 9.80 Å². The summed E-state index contributed by atoms with van der Waals surface area (Å²) in [4.78, 5) is 4.76. The van der Waals surface area contributed by atoms with Crippen LogP contribution in [0.2, 0.25) is 0 Å². The second kappa shape index (κ2) is 4.61. The van der Waals surface area contributed by atoms with Crippen molar-refractivity contribution in [2.75, 3.05) is 39.3 Å². The molecule has 0 aromatic carbocycles. The van der Waals surface area contributed by atoms with Crippen molar-refractivity contribution >= 4 is 0 Å². The summed E-state index contributed by atoms with van der Waals surface area (Å²) >= 11 is 0. The Hall–Kier alpha value is -0.160. The molecule has 0 unspecified atom stereocenters. The number of hydrogen-bond donors (Lipinski definition) is 1. The van der Waals surface area contributed by atoms with Crippen LogP contribution in [-0.4, -0.2) is 72.0 Å². The Labute approximate surface area is 98.2 Å². The number of aliphatic hydroxyl groups is 1. The minimum Gasteiger partial charge on any atom is -0.390 e. The lowest BCUT2D eigenvalue weighted by atomic mass is 9.89. The summed E-state index contributed by atoms with van der Waals surface area (Å²) in [5.41, 5.74) is 0.0348. The lowest BCUT2D eigenvalue weighted by Gasteiger charge is -2.52. The number of likely N-dealkylation sites (N-methyl/N-ethyl adjacent to an activating group) is 1. The Morgan fingerprint density at radius 3 is 2.56 bits per heavy atom. The summed E-state index contributed by atoms with van der Waals surface area (Å²) in [6.45, 7) is 12.2. The van der Waals surface area contributed by atoms with E-state index in [9.17, 15) is 5.11 Å². The van der Waals surface area contributed by atoms with E-state index >= 15 is 0 Å². The second-order valence-corrected chi connectivity index (χ2v) is 5.47. The molecule has 4 nitrogen and oxygen atoms in total. The fourth-order valence-corrected chi connectivity index (χ4v) is 2.55. The summed E-state index contributed by atoms with van der Waals surface area (Å²) < 4.78 is 5.90. The minimum atomic E-state index is -0.134. The molecule has 0 aromatic heterocycles. The predicted octanol–water partition coefficient (Wildman–Crippen LogP) is 0.162. The minimum absolute atomic E-state index is 0.0348. The van der Waals surface area contributed by atoms with E-state index in [2.05, 4.69) is 30.6 Å². The molecule has 4 heteroatoms. The molecule has 0 aliphatic carbocycles. The molecule has 2 fully saturated rings. The highest BCUT2D eigenvalue weighted by Gasteiger charge is 2.43. The van der Waals surface area contributed by atoms with Gasteiger partial charge < -0.3 is 9.84 Å². The average molecular weight is 228 g/mol. The van der Waals surface area contributed by atoms with Crippen molar-refractivity contribution in [2.24, 2.45) is 0 Å². The van der Waals surface area contributed by atoms with Crippen LogP contribution in [0.4, 0.5) is 0 Å². The van der Waals surface area contributed by atoms with Crippen molar-refractivity contribution in [3.63, 3.8) is 0 Å². The highest BCUT2D eigenvalue weighted by Crippen LogP contribution is 2.28. The first-order valence-electron chi connectivity index (χ1n) is 6.31. The van der Waals surface area contributed by atoms with Gasteiger partial charge in [0.15, 0.2) is 0 Å². The highest BCUT2D eigenvalue weighted by molar-refractivity contribution is 4.98. The molecule has 0 aromatic rings.